The molecule has 5 nitrogen and oxygen atoms in total. The van der Waals surface area contributed by atoms with Crippen LogP contribution in [0.15, 0.2) is 70.2 Å². The molecule has 0 saturated carbocycles. The highest BCUT2D eigenvalue weighted by Gasteiger charge is 2.13. The molecule has 160 valence electrons. The van der Waals surface area contributed by atoms with E-state index in [1.54, 1.807) is 24.4 Å². The lowest BCUT2D eigenvalue weighted by Gasteiger charge is -2.15. The van der Waals surface area contributed by atoms with Crippen molar-refractivity contribution >= 4 is 62.2 Å². The molecule has 0 aromatic heterocycles. The molecule has 0 aliphatic rings. The first-order valence-corrected chi connectivity index (χ1v) is 11.6. The minimum atomic E-state index is -0.303. The van der Waals surface area contributed by atoms with Gasteiger partial charge in [-0.2, -0.15) is 5.10 Å². The standard InChI is InChI=1S/C23H19BrClIN2O3/c1-2-30-21-12-15(13-27-28-23(29)17-8-4-5-9-18(17)24)11-20(26)22(21)31-14-16-7-3-6-10-19(16)25/h3-13H,2,14H2,1H3,(H,28,29)/b27-13+. The number of hydrazone groups is 1. The Kier molecular flexibility index (Phi) is 8.74. The van der Waals surface area contributed by atoms with Crippen molar-refractivity contribution < 1.29 is 14.3 Å². The Morgan fingerprint density at radius 1 is 1.16 bits per heavy atom. The lowest BCUT2D eigenvalue weighted by Crippen LogP contribution is -2.18. The molecule has 1 N–H and O–H groups in total. The van der Waals surface area contributed by atoms with E-state index in [9.17, 15) is 4.79 Å². The molecule has 0 atom stereocenters. The highest BCUT2D eigenvalue weighted by Crippen LogP contribution is 2.35. The number of nitrogens with zero attached hydrogens (tertiary/aromatic N) is 1. The Labute approximate surface area is 208 Å². The molecule has 1 amide bonds. The van der Waals surface area contributed by atoms with Crippen LogP contribution in [0, 0.1) is 3.57 Å². The Hall–Kier alpha value is -2.10. The van der Waals surface area contributed by atoms with Gasteiger partial charge in [-0.25, -0.2) is 5.43 Å². The third-order valence-corrected chi connectivity index (χ3v) is 6.02. The van der Waals surface area contributed by atoms with Gasteiger partial charge in [0, 0.05) is 15.1 Å². The molecule has 0 bridgehead atoms. The van der Waals surface area contributed by atoms with Crippen molar-refractivity contribution in [1.82, 2.24) is 5.43 Å². The normalized spacial score (nSPS) is 10.8. The molecule has 8 heteroatoms. The zero-order valence-electron chi connectivity index (χ0n) is 16.6. The molecule has 0 radical (unpaired) electrons. The summed E-state index contributed by atoms with van der Waals surface area (Å²) in [5.74, 6) is 0.931. The maximum absolute atomic E-state index is 12.3. The molecule has 3 aromatic carbocycles. The molecule has 0 saturated heterocycles. The Bertz CT molecular complexity index is 1110. The average Bonchev–Trinajstić information content (AvgIpc) is 2.75. The van der Waals surface area contributed by atoms with Gasteiger partial charge in [0.05, 0.1) is 22.0 Å². The van der Waals surface area contributed by atoms with Crippen LogP contribution < -0.4 is 14.9 Å². The predicted molar refractivity (Wildman–Crippen MR) is 135 cm³/mol. The van der Waals surface area contributed by atoms with Gasteiger partial charge >= 0.3 is 0 Å². The fourth-order valence-corrected chi connectivity index (χ4v) is 4.14. The number of amides is 1. The van der Waals surface area contributed by atoms with Gasteiger partial charge in [0.2, 0.25) is 0 Å². The summed E-state index contributed by atoms with van der Waals surface area (Å²) in [5, 5.41) is 4.73. The first-order chi connectivity index (χ1) is 15.0. The molecule has 0 aliphatic carbocycles. The van der Waals surface area contributed by atoms with Crippen molar-refractivity contribution in [3.8, 4) is 11.5 Å². The number of carbonyl (C=O) groups is 1. The summed E-state index contributed by atoms with van der Waals surface area (Å²) >= 11 is 11.8. The van der Waals surface area contributed by atoms with E-state index >= 15 is 0 Å². The molecule has 0 spiro atoms. The van der Waals surface area contributed by atoms with Crippen molar-refractivity contribution in [3.05, 3.63) is 90.4 Å². The van der Waals surface area contributed by atoms with Gasteiger partial charge in [-0.05, 0) is 81.3 Å². The molecule has 0 heterocycles. The second kappa shape index (κ2) is 11.5. The highest BCUT2D eigenvalue weighted by molar-refractivity contribution is 14.1. The van der Waals surface area contributed by atoms with E-state index in [-0.39, 0.29) is 5.91 Å². The van der Waals surface area contributed by atoms with Crippen molar-refractivity contribution in [2.75, 3.05) is 6.61 Å². The van der Waals surface area contributed by atoms with Crippen LogP contribution >= 0.6 is 50.1 Å². The first kappa shape index (κ1) is 23.6. The molecule has 0 unspecified atom stereocenters. The third kappa shape index (κ3) is 6.44. The largest absolute Gasteiger partial charge is 0.490 e. The van der Waals surface area contributed by atoms with E-state index in [2.05, 4.69) is 49.0 Å². The predicted octanol–water partition coefficient (Wildman–Crippen LogP) is 6.45. The van der Waals surface area contributed by atoms with E-state index in [1.807, 2.05) is 49.4 Å². The van der Waals surface area contributed by atoms with E-state index < -0.39 is 0 Å². The minimum absolute atomic E-state index is 0.303. The summed E-state index contributed by atoms with van der Waals surface area (Å²) < 4.78 is 13.4. The maximum atomic E-state index is 12.3. The van der Waals surface area contributed by atoms with Crippen molar-refractivity contribution in [3.63, 3.8) is 0 Å². The van der Waals surface area contributed by atoms with Gasteiger partial charge in [-0.3, -0.25) is 4.79 Å². The molecule has 3 rings (SSSR count). The van der Waals surface area contributed by atoms with Gasteiger partial charge in [0.1, 0.15) is 6.61 Å². The van der Waals surface area contributed by atoms with Crippen LogP contribution in [0.3, 0.4) is 0 Å². The second-order valence-electron chi connectivity index (χ2n) is 6.32. The lowest BCUT2D eigenvalue weighted by molar-refractivity contribution is 0.0954. The topological polar surface area (TPSA) is 59.9 Å². The van der Waals surface area contributed by atoms with Crippen LogP contribution in [0.25, 0.3) is 0 Å². The van der Waals surface area contributed by atoms with Crippen LogP contribution in [-0.2, 0) is 6.61 Å². The molecule has 0 aliphatic heterocycles. The van der Waals surface area contributed by atoms with E-state index in [0.29, 0.717) is 39.8 Å². The Morgan fingerprint density at radius 3 is 2.65 bits per heavy atom. The number of carbonyl (C=O) groups excluding carboxylic acids is 1. The van der Waals surface area contributed by atoms with Crippen molar-refractivity contribution in [2.45, 2.75) is 13.5 Å². The number of nitrogens with one attached hydrogen (secondary N) is 1. The quantitative estimate of drug-likeness (QED) is 0.181. The van der Waals surface area contributed by atoms with Gasteiger partial charge < -0.3 is 9.47 Å². The SMILES string of the molecule is CCOc1cc(/C=N/NC(=O)c2ccccc2Br)cc(I)c1OCc1ccccc1Cl. The van der Waals surface area contributed by atoms with Gasteiger partial charge in [0.15, 0.2) is 11.5 Å². The zero-order valence-corrected chi connectivity index (χ0v) is 21.1. The number of hydrogen-bond acceptors (Lipinski definition) is 4. The van der Waals surface area contributed by atoms with Crippen LogP contribution in [0.1, 0.15) is 28.4 Å². The highest BCUT2D eigenvalue weighted by atomic mass is 127. The smallest absolute Gasteiger partial charge is 0.272 e. The number of hydrogen-bond donors (Lipinski definition) is 1. The van der Waals surface area contributed by atoms with Crippen LogP contribution in [-0.4, -0.2) is 18.7 Å². The van der Waals surface area contributed by atoms with Gasteiger partial charge in [-0.15, -0.1) is 0 Å². The van der Waals surface area contributed by atoms with Crippen LogP contribution in [0.2, 0.25) is 5.02 Å². The molecular weight excluding hydrogens is 595 g/mol. The first-order valence-electron chi connectivity index (χ1n) is 9.40. The van der Waals surface area contributed by atoms with E-state index in [0.717, 1.165) is 14.7 Å². The molecular formula is C23H19BrClIN2O3. The van der Waals surface area contributed by atoms with Crippen LogP contribution in [0.5, 0.6) is 11.5 Å². The molecule has 31 heavy (non-hydrogen) atoms. The fraction of sp³-hybridized carbons (Fsp3) is 0.130. The average molecular weight is 614 g/mol. The number of halogens is 3. The summed E-state index contributed by atoms with van der Waals surface area (Å²) in [5.41, 5.74) is 4.71. The fourth-order valence-electron chi connectivity index (χ4n) is 2.70. The van der Waals surface area contributed by atoms with Gasteiger partial charge in [-0.1, -0.05) is 41.9 Å². The Balaban J connectivity index is 1.74. The van der Waals surface area contributed by atoms with Crippen molar-refractivity contribution in [1.29, 1.82) is 0 Å². The molecule has 3 aromatic rings. The van der Waals surface area contributed by atoms with Crippen LogP contribution in [0.4, 0.5) is 0 Å². The summed E-state index contributed by atoms with van der Waals surface area (Å²) in [6.45, 7) is 2.71. The number of rotatable bonds is 8. The molecule has 0 fully saturated rings. The van der Waals surface area contributed by atoms with Crippen molar-refractivity contribution in [2.24, 2.45) is 5.10 Å². The van der Waals surface area contributed by atoms with Gasteiger partial charge in [0.25, 0.3) is 5.91 Å². The Morgan fingerprint density at radius 2 is 1.90 bits per heavy atom. The second-order valence-corrected chi connectivity index (χ2v) is 8.75. The van der Waals surface area contributed by atoms with E-state index in [1.165, 1.54) is 0 Å². The zero-order chi connectivity index (χ0) is 22.2. The van der Waals surface area contributed by atoms with E-state index in [4.69, 9.17) is 21.1 Å². The summed E-state index contributed by atoms with van der Waals surface area (Å²) in [6, 6.07) is 18.4. The minimum Gasteiger partial charge on any atom is -0.490 e. The maximum Gasteiger partial charge on any atom is 0.272 e. The summed E-state index contributed by atoms with van der Waals surface area (Å²) in [4.78, 5) is 12.3. The number of benzene rings is 3. The third-order valence-electron chi connectivity index (χ3n) is 4.16. The lowest BCUT2D eigenvalue weighted by atomic mass is 10.2. The summed E-state index contributed by atoms with van der Waals surface area (Å²) in [7, 11) is 0. The number of ether oxygens (including phenoxy) is 2. The summed E-state index contributed by atoms with van der Waals surface area (Å²) in [6.07, 6.45) is 1.57. The monoisotopic (exact) mass is 612 g/mol.